The number of hydrogen-bond donors (Lipinski definition) is 2. The van der Waals surface area contributed by atoms with Gasteiger partial charge in [-0.25, -0.2) is 17.5 Å². The molecule has 0 aliphatic heterocycles. The second-order valence-electron chi connectivity index (χ2n) is 4.50. The molecule has 1 aromatic heterocycles. The maximum absolute atomic E-state index is 13.2. The van der Waals surface area contributed by atoms with Gasteiger partial charge >= 0.3 is 0 Å². The molecule has 2 aromatic rings. The van der Waals surface area contributed by atoms with Crippen molar-refractivity contribution in [1.82, 2.24) is 4.72 Å². The van der Waals surface area contributed by atoms with E-state index in [1.165, 1.54) is 17.4 Å². The van der Waals surface area contributed by atoms with Crippen LogP contribution >= 0.6 is 11.3 Å². The molecule has 20 heavy (non-hydrogen) atoms. The van der Waals surface area contributed by atoms with Gasteiger partial charge in [0.25, 0.3) is 0 Å². The highest BCUT2D eigenvalue weighted by atomic mass is 32.2. The van der Waals surface area contributed by atoms with E-state index in [2.05, 4.69) is 4.72 Å². The molecule has 0 aliphatic rings. The van der Waals surface area contributed by atoms with Gasteiger partial charge in [0, 0.05) is 22.0 Å². The second kappa shape index (κ2) is 5.51. The smallest absolute Gasteiger partial charge is 0.241 e. The standard InChI is InChI=1S/C13H15FN2O2S2/c1-8-3-12(19-9(8)2)7-16-20(17,18)13-5-10(14)4-11(15)6-13/h3-6,16H,7,15H2,1-2H3. The van der Waals surface area contributed by atoms with Crippen LogP contribution < -0.4 is 10.5 Å². The van der Waals surface area contributed by atoms with Gasteiger partial charge in [0.05, 0.1) is 4.90 Å². The van der Waals surface area contributed by atoms with Crippen molar-refractivity contribution in [1.29, 1.82) is 0 Å². The van der Waals surface area contributed by atoms with E-state index < -0.39 is 15.8 Å². The van der Waals surface area contributed by atoms with E-state index in [0.29, 0.717) is 0 Å². The molecule has 7 heteroatoms. The van der Waals surface area contributed by atoms with Crippen LogP contribution in [-0.2, 0) is 16.6 Å². The average molecular weight is 314 g/mol. The van der Waals surface area contributed by atoms with E-state index in [1.807, 2.05) is 19.9 Å². The lowest BCUT2D eigenvalue weighted by Gasteiger charge is -2.06. The molecule has 0 bridgehead atoms. The summed E-state index contributed by atoms with van der Waals surface area (Å²) in [6.07, 6.45) is 0. The number of halogens is 1. The summed E-state index contributed by atoms with van der Waals surface area (Å²) in [6, 6.07) is 5.19. The van der Waals surface area contributed by atoms with Crippen LogP contribution in [0.5, 0.6) is 0 Å². The van der Waals surface area contributed by atoms with E-state index >= 15 is 0 Å². The highest BCUT2D eigenvalue weighted by Gasteiger charge is 2.16. The summed E-state index contributed by atoms with van der Waals surface area (Å²) in [5, 5.41) is 0. The van der Waals surface area contributed by atoms with E-state index in [9.17, 15) is 12.8 Å². The van der Waals surface area contributed by atoms with Crippen LogP contribution in [0.3, 0.4) is 0 Å². The number of hydrogen-bond acceptors (Lipinski definition) is 4. The van der Waals surface area contributed by atoms with Gasteiger partial charge in [-0.05, 0) is 43.7 Å². The van der Waals surface area contributed by atoms with Gasteiger partial charge in [-0.15, -0.1) is 11.3 Å². The Morgan fingerprint density at radius 2 is 1.95 bits per heavy atom. The quantitative estimate of drug-likeness (QED) is 0.852. The summed E-state index contributed by atoms with van der Waals surface area (Å²) in [6.45, 7) is 4.13. The first-order valence-electron chi connectivity index (χ1n) is 5.89. The normalized spacial score (nSPS) is 11.8. The molecule has 0 atom stereocenters. The summed E-state index contributed by atoms with van der Waals surface area (Å²) in [5.41, 5.74) is 6.66. The molecule has 108 valence electrons. The minimum atomic E-state index is -3.77. The minimum Gasteiger partial charge on any atom is -0.399 e. The van der Waals surface area contributed by atoms with Crippen LogP contribution in [0.25, 0.3) is 0 Å². The molecule has 0 spiro atoms. The monoisotopic (exact) mass is 314 g/mol. The van der Waals surface area contributed by atoms with Gasteiger partial charge in [0.15, 0.2) is 0 Å². The fourth-order valence-electron chi connectivity index (χ4n) is 1.73. The third-order valence-electron chi connectivity index (χ3n) is 2.86. The first-order chi connectivity index (χ1) is 9.28. The molecule has 0 fully saturated rings. The van der Waals surface area contributed by atoms with Crippen molar-refractivity contribution in [2.75, 3.05) is 5.73 Å². The first-order valence-corrected chi connectivity index (χ1v) is 8.19. The number of sulfonamides is 1. The maximum Gasteiger partial charge on any atom is 0.241 e. The predicted molar refractivity (Wildman–Crippen MR) is 78.6 cm³/mol. The number of rotatable bonds is 4. The fraction of sp³-hybridized carbons (Fsp3) is 0.231. The molecule has 1 aromatic carbocycles. The third-order valence-corrected chi connectivity index (χ3v) is 5.39. The van der Waals surface area contributed by atoms with Gasteiger partial charge < -0.3 is 5.73 Å². The van der Waals surface area contributed by atoms with Gasteiger partial charge in [-0.1, -0.05) is 0 Å². The molecule has 1 heterocycles. The van der Waals surface area contributed by atoms with E-state index in [0.717, 1.165) is 27.5 Å². The zero-order valence-electron chi connectivity index (χ0n) is 11.1. The Balaban J connectivity index is 2.18. The zero-order valence-corrected chi connectivity index (χ0v) is 12.7. The van der Waals surface area contributed by atoms with Crippen LogP contribution in [-0.4, -0.2) is 8.42 Å². The number of nitrogens with two attached hydrogens (primary N) is 1. The largest absolute Gasteiger partial charge is 0.399 e. The summed E-state index contributed by atoms with van der Waals surface area (Å²) < 4.78 is 39.8. The van der Waals surface area contributed by atoms with Crippen molar-refractivity contribution in [2.45, 2.75) is 25.3 Å². The maximum atomic E-state index is 13.2. The van der Waals surface area contributed by atoms with Gasteiger partial charge in [0.2, 0.25) is 10.0 Å². The first kappa shape index (κ1) is 15.0. The molecule has 4 nitrogen and oxygen atoms in total. The lowest BCUT2D eigenvalue weighted by atomic mass is 10.3. The minimum absolute atomic E-state index is 0.0770. The van der Waals surface area contributed by atoms with E-state index in [1.54, 1.807) is 0 Å². The summed E-state index contributed by atoms with van der Waals surface area (Å²) >= 11 is 1.53. The summed E-state index contributed by atoms with van der Waals surface area (Å²) in [5.74, 6) is -0.673. The van der Waals surface area contributed by atoms with Crippen molar-refractivity contribution in [3.05, 3.63) is 45.4 Å². The summed E-state index contributed by atoms with van der Waals surface area (Å²) in [4.78, 5) is 1.89. The number of nitrogens with one attached hydrogen (secondary N) is 1. The second-order valence-corrected chi connectivity index (χ2v) is 7.60. The molecule has 3 N–H and O–H groups in total. The molecule has 0 amide bonds. The topological polar surface area (TPSA) is 72.2 Å². The Bertz CT molecular complexity index is 699. The molecule has 0 saturated heterocycles. The van der Waals surface area contributed by atoms with Crippen LogP contribution in [0, 0.1) is 19.7 Å². The van der Waals surface area contributed by atoms with Crippen molar-refractivity contribution in [2.24, 2.45) is 0 Å². The molecular weight excluding hydrogens is 299 g/mol. The predicted octanol–water partition coefficient (Wildman–Crippen LogP) is 2.56. The zero-order chi connectivity index (χ0) is 14.9. The Labute approximate surface area is 121 Å². The molecule has 0 unspecified atom stereocenters. The van der Waals surface area contributed by atoms with Crippen LogP contribution in [0.4, 0.5) is 10.1 Å². The van der Waals surface area contributed by atoms with Crippen molar-refractivity contribution >= 4 is 27.0 Å². The third kappa shape index (κ3) is 3.36. The molecule has 2 rings (SSSR count). The lowest BCUT2D eigenvalue weighted by molar-refractivity contribution is 0.578. The van der Waals surface area contributed by atoms with Crippen LogP contribution in [0.2, 0.25) is 0 Å². The molecule has 0 saturated carbocycles. The van der Waals surface area contributed by atoms with Crippen molar-refractivity contribution in [3.8, 4) is 0 Å². The van der Waals surface area contributed by atoms with Crippen LogP contribution in [0.15, 0.2) is 29.2 Å². The molecule has 0 radical (unpaired) electrons. The molecular formula is C13H15FN2O2S2. The Kier molecular flexibility index (Phi) is 4.12. The Morgan fingerprint density at radius 1 is 1.25 bits per heavy atom. The Hall–Kier alpha value is -1.44. The van der Waals surface area contributed by atoms with E-state index in [-0.39, 0.29) is 17.1 Å². The molecule has 0 aliphatic carbocycles. The van der Waals surface area contributed by atoms with Gasteiger partial charge in [0.1, 0.15) is 5.82 Å². The van der Waals surface area contributed by atoms with E-state index in [4.69, 9.17) is 5.73 Å². The van der Waals surface area contributed by atoms with Gasteiger partial charge in [-0.2, -0.15) is 0 Å². The number of aryl methyl sites for hydroxylation is 2. The van der Waals surface area contributed by atoms with Crippen molar-refractivity contribution in [3.63, 3.8) is 0 Å². The highest BCUT2D eigenvalue weighted by molar-refractivity contribution is 7.89. The average Bonchev–Trinajstić information content (AvgIpc) is 2.65. The SMILES string of the molecule is Cc1cc(CNS(=O)(=O)c2cc(N)cc(F)c2)sc1C. The van der Waals surface area contributed by atoms with Gasteiger partial charge in [-0.3, -0.25) is 0 Å². The number of nitrogen functional groups attached to an aromatic ring is 1. The van der Waals surface area contributed by atoms with Crippen molar-refractivity contribution < 1.29 is 12.8 Å². The number of anilines is 1. The Morgan fingerprint density at radius 3 is 2.50 bits per heavy atom. The highest BCUT2D eigenvalue weighted by Crippen LogP contribution is 2.21. The summed E-state index contributed by atoms with van der Waals surface area (Å²) in [7, 11) is -3.77. The number of thiophene rings is 1. The fourth-order valence-corrected chi connectivity index (χ4v) is 3.88. The van der Waals surface area contributed by atoms with Crippen LogP contribution in [0.1, 0.15) is 15.3 Å². The lowest BCUT2D eigenvalue weighted by Crippen LogP contribution is -2.23. The number of benzene rings is 1.